The number of thiazole rings is 1. The summed E-state index contributed by atoms with van der Waals surface area (Å²) in [6.07, 6.45) is 0.965. The second-order valence-electron chi connectivity index (χ2n) is 5.70. The number of hydrogen-bond donors (Lipinski definition) is 1. The molecule has 7 heteroatoms. The van der Waals surface area contributed by atoms with E-state index in [4.69, 9.17) is 28.9 Å². The molecule has 1 aliphatic heterocycles. The van der Waals surface area contributed by atoms with Crippen molar-refractivity contribution in [1.29, 1.82) is 0 Å². The first-order chi connectivity index (χ1) is 11.0. The van der Waals surface area contributed by atoms with Gasteiger partial charge < -0.3 is 10.6 Å². The van der Waals surface area contributed by atoms with Crippen LogP contribution in [0.1, 0.15) is 21.8 Å². The molecule has 4 nitrogen and oxygen atoms in total. The van der Waals surface area contributed by atoms with Gasteiger partial charge in [0.05, 0.1) is 10.7 Å². The fraction of sp³-hybridized carbons (Fsp3) is 0.375. The highest BCUT2D eigenvalue weighted by atomic mass is 35.5. The average molecular weight is 370 g/mol. The molecule has 1 amide bonds. The SMILES string of the molecule is Cc1nc(-c2cc(Cl)ccc2Cl)sc1C(=O)N1CCC(CN)C1. The summed E-state index contributed by atoms with van der Waals surface area (Å²) >= 11 is 13.6. The van der Waals surface area contributed by atoms with E-state index in [-0.39, 0.29) is 5.91 Å². The lowest BCUT2D eigenvalue weighted by molar-refractivity contribution is 0.0791. The topological polar surface area (TPSA) is 59.2 Å². The van der Waals surface area contributed by atoms with Crippen molar-refractivity contribution in [3.8, 4) is 10.6 Å². The highest BCUT2D eigenvalue weighted by molar-refractivity contribution is 7.17. The van der Waals surface area contributed by atoms with E-state index in [0.29, 0.717) is 32.4 Å². The van der Waals surface area contributed by atoms with Crippen LogP contribution in [0.15, 0.2) is 18.2 Å². The maximum Gasteiger partial charge on any atom is 0.265 e. The minimum atomic E-state index is 0.0281. The van der Waals surface area contributed by atoms with Gasteiger partial charge in [0.2, 0.25) is 0 Å². The van der Waals surface area contributed by atoms with Crippen molar-refractivity contribution in [2.24, 2.45) is 11.7 Å². The molecule has 0 bridgehead atoms. The number of likely N-dealkylation sites (tertiary alicyclic amines) is 1. The number of aryl methyl sites for hydroxylation is 1. The van der Waals surface area contributed by atoms with E-state index < -0.39 is 0 Å². The van der Waals surface area contributed by atoms with Gasteiger partial charge in [-0.2, -0.15) is 0 Å². The van der Waals surface area contributed by atoms with Gasteiger partial charge in [0.25, 0.3) is 5.91 Å². The summed E-state index contributed by atoms with van der Waals surface area (Å²) in [5.74, 6) is 0.425. The van der Waals surface area contributed by atoms with Crippen molar-refractivity contribution >= 4 is 40.4 Å². The highest BCUT2D eigenvalue weighted by Crippen LogP contribution is 2.35. The summed E-state index contributed by atoms with van der Waals surface area (Å²) in [6, 6.07) is 5.25. The maximum atomic E-state index is 12.7. The molecule has 23 heavy (non-hydrogen) atoms. The molecule has 122 valence electrons. The summed E-state index contributed by atoms with van der Waals surface area (Å²) < 4.78 is 0. The Morgan fingerprint density at radius 1 is 1.48 bits per heavy atom. The largest absolute Gasteiger partial charge is 0.338 e. The Kier molecular flexibility index (Phi) is 4.92. The molecular weight excluding hydrogens is 353 g/mol. The molecule has 2 aromatic rings. The molecule has 0 spiro atoms. The third-order valence-corrected chi connectivity index (χ3v) is 5.80. The van der Waals surface area contributed by atoms with Crippen molar-refractivity contribution in [2.75, 3.05) is 19.6 Å². The van der Waals surface area contributed by atoms with Gasteiger partial charge in [0.15, 0.2) is 0 Å². The Balaban J connectivity index is 1.89. The molecule has 2 heterocycles. The summed E-state index contributed by atoms with van der Waals surface area (Å²) in [5.41, 5.74) is 7.18. The Morgan fingerprint density at radius 2 is 2.26 bits per heavy atom. The lowest BCUT2D eigenvalue weighted by atomic mass is 10.1. The molecule has 0 radical (unpaired) electrons. The third-order valence-electron chi connectivity index (χ3n) is 4.06. The predicted molar refractivity (Wildman–Crippen MR) is 95.4 cm³/mol. The van der Waals surface area contributed by atoms with Gasteiger partial charge in [0.1, 0.15) is 9.88 Å². The standard InChI is InChI=1S/C16H17Cl2N3OS/c1-9-14(16(22)21-5-4-10(7-19)8-21)23-15(20-9)12-6-11(17)2-3-13(12)18/h2-3,6,10H,4-5,7-8,19H2,1H3. The van der Waals surface area contributed by atoms with E-state index in [1.54, 1.807) is 18.2 Å². The van der Waals surface area contributed by atoms with Gasteiger partial charge in [-0.05, 0) is 44.0 Å². The van der Waals surface area contributed by atoms with Crippen molar-refractivity contribution in [2.45, 2.75) is 13.3 Å². The second-order valence-corrected chi connectivity index (χ2v) is 7.54. The van der Waals surface area contributed by atoms with Crippen LogP contribution in [0.5, 0.6) is 0 Å². The number of nitrogens with two attached hydrogens (primary N) is 1. The zero-order valence-corrected chi connectivity index (χ0v) is 15.0. The van der Waals surface area contributed by atoms with Crippen LogP contribution < -0.4 is 5.73 Å². The molecule has 1 aromatic carbocycles. The van der Waals surface area contributed by atoms with E-state index in [1.807, 2.05) is 11.8 Å². The number of aromatic nitrogens is 1. The summed E-state index contributed by atoms with van der Waals surface area (Å²) in [7, 11) is 0. The summed E-state index contributed by atoms with van der Waals surface area (Å²) in [5, 5.41) is 1.88. The van der Waals surface area contributed by atoms with Crippen molar-refractivity contribution < 1.29 is 4.79 Å². The molecule has 1 saturated heterocycles. The second kappa shape index (κ2) is 6.77. The van der Waals surface area contributed by atoms with E-state index in [1.165, 1.54) is 11.3 Å². The summed E-state index contributed by atoms with van der Waals surface area (Å²) in [4.78, 5) is 19.8. The van der Waals surface area contributed by atoms with Crippen LogP contribution in [0.3, 0.4) is 0 Å². The first-order valence-electron chi connectivity index (χ1n) is 7.41. The Morgan fingerprint density at radius 3 is 2.96 bits per heavy atom. The molecule has 1 atom stereocenters. The van der Waals surface area contributed by atoms with Crippen molar-refractivity contribution in [1.82, 2.24) is 9.88 Å². The first kappa shape index (κ1) is 16.7. The number of carbonyl (C=O) groups is 1. The quantitative estimate of drug-likeness (QED) is 0.893. The van der Waals surface area contributed by atoms with Gasteiger partial charge in [0, 0.05) is 23.7 Å². The number of nitrogens with zero attached hydrogens (tertiary/aromatic N) is 2. The van der Waals surface area contributed by atoms with Crippen LogP contribution in [-0.4, -0.2) is 35.4 Å². The van der Waals surface area contributed by atoms with Gasteiger partial charge in [-0.25, -0.2) is 4.98 Å². The molecular formula is C16H17Cl2N3OS. The van der Waals surface area contributed by atoms with Gasteiger partial charge in [-0.15, -0.1) is 11.3 Å². The number of rotatable bonds is 3. The Labute approximate surface area is 149 Å². The minimum Gasteiger partial charge on any atom is -0.338 e. The van der Waals surface area contributed by atoms with E-state index in [9.17, 15) is 4.79 Å². The first-order valence-corrected chi connectivity index (χ1v) is 8.99. The number of amides is 1. The van der Waals surface area contributed by atoms with Crippen LogP contribution in [0, 0.1) is 12.8 Å². The van der Waals surface area contributed by atoms with Crippen LogP contribution >= 0.6 is 34.5 Å². The van der Waals surface area contributed by atoms with Crippen LogP contribution in [0.25, 0.3) is 10.6 Å². The fourth-order valence-electron chi connectivity index (χ4n) is 2.72. The molecule has 0 aliphatic carbocycles. The number of carbonyl (C=O) groups excluding carboxylic acids is 1. The van der Waals surface area contributed by atoms with Crippen molar-refractivity contribution in [3.63, 3.8) is 0 Å². The Hall–Kier alpha value is -1.14. The molecule has 0 saturated carbocycles. The van der Waals surface area contributed by atoms with E-state index >= 15 is 0 Å². The molecule has 1 fully saturated rings. The molecule has 3 rings (SSSR count). The number of benzene rings is 1. The van der Waals surface area contributed by atoms with Gasteiger partial charge in [-0.1, -0.05) is 23.2 Å². The van der Waals surface area contributed by atoms with Crippen molar-refractivity contribution in [3.05, 3.63) is 38.8 Å². The Bertz CT molecular complexity index is 747. The molecule has 1 aliphatic rings. The predicted octanol–water partition coefficient (Wildman–Crippen LogP) is 3.85. The highest BCUT2D eigenvalue weighted by Gasteiger charge is 2.28. The molecule has 2 N–H and O–H groups in total. The lowest BCUT2D eigenvalue weighted by Gasteiger charge is -2.15. The smallest absolute Gasteiger partial charge is 0.265 e. The van der Waals surface area contributed by atoms with Crippen LogP contribution in [-0.2, 0) is 0 Å². The average Bonchev–Trinajstić information content (AvgIpc) is 3.15. The monoisotopic (exact) mass is 369 g/mol. The normalized spacial score (nSPS) is 17.7. The van der Waals surface area contributed by atoms with E-state index in [0.717, 1.165) is 30.8 Å². The number of hydrogen-bond acceptors (Lipinski definition) is 4. The zero-order valence-electron chi connectivity index (χ0n) is 12.7. The zero-order chi connectivity index (χ0) is 16.6. The number of halogens is 2. The maximum absolute atomic E-state index is 12.7. The minimum absolute atomic E-state index is 0.0281. The summed E-state index contributed by atoms with van der Waals surface area (Å²) in [6.45, 7) is 3.95. The van der Waals surface area contributed by atoms with E-state index in [2.05, 4.69) is 4.98 Å². The lowest BCUT2D eigenvalue weighted by Crippen LogP contribution is -2.29. The fourth-order valence-corrected chi connectivity index (χ4v) is 4.22. The molecule has 1 aromatic heterocycles. The van der Waals surface area contributed by atoms with Crippen LogP contribution in [0.2, 0.25) is 10.0 Å². The van der Waals surface area contributed by atoms with Gasteiger partial charge >= 0.3 is 0 Å². The van der Waals surface area contributed by atoms with Gasteiger partial charge in [-0.3, -0.25) is 4.79 Å². The molecule has 1 unspecified atom stereocenters. The third kappa shape index (κ3) is 3.38. The van der Waals surface area contributed by atoms with Crippen LogP contribution in [0.4, 0.5) is 0 Å².